The Balaban J connectivity index is 2.12. The van der Waals surface area contributed by atoms with Gasteiger partial charge in [0.25, 0.3) is 5.69 Å². The van der Waals surface area contributed by atoms with Crippen LogP contribution in [0.25, 0.3) is 0 Å². The van der Waals surface area contributed by atoms with E-state index in [1.54, 1.807) is 13.0 Å². The Morgan fingerprint density at radius 2 is 2.30 bits per heavy atom. The fourth-order valence-corrected chi connectivity index (χ4v) is 2.68. The second-order valence-electron chi connectivity index (χ2n) is 5.30. The number of hydrogen-bond acceptors (Lipinski definition) is 5. The highest BCUT2D eigenvalue weighted by Gasteiger charge is 2.23. The third-order valence-electron chi connectivity index (χ3n) is 3.92. The third-order valence-corrected chi connectivity index (χ3v) is 3.92. The second kappa shape index (κ2) is 6.00. The lowest BCUT2D eigenvalue weighted by Gasteiger charge is -2.31. The maximum absolute atomic E-state index is 10.9. The molecule has 1 aromatic carbocycles. The van der Waals surface area contributed by atoms with Crippen molar-refractivity contribution in [2.45, 2.75) is 26.8 Å². The van der Waals surface area contributed by atoms with Gasteiger partial charge in [0.1, 0.15) is 0 Å². The summed E-state index contributed by atoms with van der Waals surface area (Å²) in [6, 6.07) is 5.20. The normalized spacial score (nSPS) is 22.1. The molecule has 0 amide bonds. The molecule has 20 heavy (non-hydrogen) atoms. The van der Waals surface area contributed by atoms with Crippen LogP contribution in [-0.4, -0.2) is 33.8 Å². The van der Waals surface area contributed by atoms with Crippen molar-refractivity contribution in [1.82, 2.24) is 4.90 Å². The lowest BCUT2D eigenvalue weighted by atomic mass is 9.96. The Morgan fingerprint density at radius 3 is 2.90 bits per heavy atom. The van der Waals surface area contributed by atoms with Gasteiger partial charge < -0.3 is 5.21 Å². The molecule has 0 aliphatic carbocycles. The summed E-state index contributed by atoms with van der Waals surface area (Å²) in [7, 11) is 0. The molecule has 1 atom stereocenters. The minimum absolute atomic E-state index is 0.171. The zero-order valence-electron chi connectivity index (χ0n) is 11.7. The summed E-state index contributed by atoms with van der Waals surface area (Å²) in [5.41, 5.74) is 2.71. The molecule has 1 saturated heterocycles. The SMILES string of the molecule is Cc1c(CN2CC/C(=N\O)C(C)C2)cccc1[N+](=O)[O-]. The van der Waals surface area contributed by atoms with Crippen LogP contribution in [-0.2, 0) is 6.54 Å². The molecule has 1 unspecified atom stereocenters. The average Bonchev–Trinajstić information content (AvgIpc) is 2.41. The third kappa shape index (κ3) is 2.96. The second-order valence-corrected chi connectivity index (χ2v) is 5.30. The van der Waals surface area contributed by atoms with Gasteiger partial charge in [-0.2, -0.15) is 0 Å². The number of nitro benzene ring substituents is 1. The molecule has 108 valence electrons. The maximum Gasteiger partial charge on any atom is 0.272 e. The van der Waals surface area contributed by atoms with Crippen LogP contribution in [0.3, 0.4) is 0 Å². The van der Waals surface area contributed by atoms with Crippen LogP contribution in [0.1, 0.15) is 24.5 Å². The Hall–Kier alpha value is -1.95. The first kappa shape index (κ1) is 14.5. The Labute approximate surface area is 117 Å². The Bertz CT molecular complexity index is 542. The number of oxime groups is 1. The Morgan fingerprint density at radius 1 is 1.55 bits per heavy atom. The molecule has 1 aliphatic heterocycles. The van der Waals surface area contributed by atoms with Crippen LogP contribution >= 0.6 is 0 Å². The van der Waals surface area contributed by atoms with Crippen molar-refractivity contribution in [3.63, 3.8) is 0 Å². The number of nitrogens with zero attached hydrogens (tertiary/aromatic N) is 3. The zero-order chi connectivity index (χ0) is 14.7. The molecule has 0 aromatic heterocycles. The molecule has 0 bridgehead atoms. The van der Waals surface area contributed by atoms with Crippen LogP contribution in [0, 0.1) is 23.0 Å². The lowest BCUT2D eigenvalue weighted by molar-refractivity contribution is -0.385. The predicted molar refractivity (Wildman–Crippen MR) is 76.1 cm³/mol. The summed E-state index contributed by atoms with van der Waals surface area (Å²) in [6.07, 6.45) is 0.742. The molecular weight excluding hydrogens is 258 g/mol. The van der Waals surface area contributed by atoms with Gasteiger partial charge >= 0.3 is 0 Å². The molecule has 2 rings (SSSR count). The molecule has 1 heterocycles. The van der Waals surface area contributed by atoms with E-state index >= 15 is 0 Å². The first-order valence-corrected chi connectivity index (χ1v) is 6.69. The molecule has 6 nitrogen and oxygen atoms in total. The monoisotopic (exact) mass is 277 g/mol. The van der Waals surface area contributed by atoms with Crippen molar-refractivity contribution in [2.75, 3.05) is 13.1 Å². The first-order chi connectivity index (χ1) is 9.52. The van der Waals surface area contributed by atoms with Crippen molar-refractivity contribution in [3.05, 3.63) is 39.4 Å². The van der Waals surface area contributed by atoms with E-state index < -0.39 is 0 Å². The molecular formula is C14H19N3O3. The molecule has 0 saturated carbocycles. The van der Waals surface area contributed by atoms with E-state index in [4.69, 9.17) is 5.21 Å². The summed E-state index contributed by atoms with van der Waals surface area (Å²) in [4.78, 5) is 12.9. The predicted octanol–water partition coefficient (Wildman–Crippen LogP) is 2.58. The van der Waals surface area contributed by atoms with Crippen LogP contribution in [0.2, 0.25) is 0 Å². The fourth-order valence-electron chi connectivity index (χ4n) is 2.68. The summed E-state index contributed by atoms with van der Waals surface area (Å²) >= 11 is 0. The van der Waals surface area contributed by atoms with Gasteiger partial charge in [0, 0.05) is 43.6 Å². The van der Waals surface area contributed by atoms with Gasteiger partial charge in [-0.05, 0) is 12.5 Å². The van der Waals surface area contributed by atoms with Gasteiger partial charge in [-0.3, -0.25) is 15.0 Å². The number of benzene rings is 1. The van der Waals surface area contributed by atoms with E-state index in [2.05, 4.69) is 10.1 Å². The van der Waals surface area contributed by atoms with Crippen molar-refractivity contribution in [2.24, 2.45) is 11.1 Å². The number of piperidine rings is 1. The number of rotatable bonds is 3. The van der Waals surface area contributed by atoms with Crippen molar-refractivity contribution >= 4 is 11.4 Å². The minimum Gasteiger partial charge on any atom is -0.411 e. The standard InChI is InChI=1S/C14H19N3O3/c1-10-8-16(7-6-13(10)15-18)9-12-4-3-5-14(11(12)2)17(19)20/h3-5,10,18H,6-9H2,1-2H3/b15-13+. The summed E-state index contributed by atoms with van der Waals surface area (Å²) < 4.78 is 0. The number of hydrogen-bond donors (Lipinski definition) is 1. The molecule has 0 radical (unpaired) electrons. The lowest BCUT2D eigenvalue weighted by Crippen LogP contribution is -2.39. The molecule has 1 aromatic rings. The Kier molecular flexibility index (Phi) is 4.34. The van der Waals surface area contributed by atoms with E-state index in [1.165, 1.54) is 6.07 Å². The summed E-state index contributed by atoms with van der Waals surface area (Å²) in [6.45, 7) is 6.13. The van der Waals surface area contributed by atoms with Crippen molar-refractivity contribution in [3.8, 4) is 0 Å². The highest BCUT2D eigenvalue weighted by atomic mass is 16.6. The van der Waals surface area contributed by atoms with Crippen molar-refractivity contribution in [1.29, 1.82) is 0 Å². The van der Waals surface area contributed by atoms with E-state index in [-0.39, 0.29) is 16.5 Å². The molecule has 1 aliphatic rings. The van der Waals surface area contributed by atoms with E-state index in [1.807, 2.05) is 13.0 Å². The van der Waals surface area contributed by atoms with E-state index in [0.29, 0.717) is 6.54 Å². The summed E-state index contributed by atoms with van der Waals surface area (Å²) in [5, 5.41) is 23.1. The van der Waals surface area contributed by atoms with Gasteiger partial charge in [-0.25, -0.2) is 0 Å². The van der Waals surface area contributed by atoms with E-state index in [9.17, 15) is 10.1 Å². The molecule has 1 fully saturated rings. The summed E-state index contributed by atoms with van der Waals surface area (Å²) in [5.74, 6) is 0.216. The molecule has 6 heteroatoms. The quantitative estimate of drug-likeness (QED) is 0.523. The highest BCUT2D eigenvalue weighted by molar-refractivity contribution is 5.86. The van der Waals surface area contributed by atoms with Gasteiger partial charge in [0.2, 0.25) is 0 Å². The van der Waals surface area contributed by atoms with Gasteiger partial charge in [0.15, 0.2) is 0 Å². The molecule has 1 N–H and O–H groups in total. The highest BCUT2D eigenvalue weighted by Crippen LogP contribution is 2.24. The van der Waals surface area contributed by atoms with Crippen LogP contribution in [0.5, 0.6) is 0 Å². The largest absolute Gasteiger partial charge is 0.411 e. The van der Waals surface area contributed by atoms with Crippen LogP contribution in [0.4, 0.5) is 5.69 Å². The van der Waals surface area contributed by atoms with Crippen LogP contribution < -0.4 is 0 Å². The van der Waals surface area contributed by atoms with Gasteiger partial charge in [-0.15, -0.1) is 0 Å². The van der Waals surface area contributed by atoms with Gasteiger partial charge in [-0.1, -0.05) is 24.2 Å². The van der Waals surface area contributed by atoms with Gasteiger partial charge in [0.05, 0.1) is 10.6 Å². The van der Waals surface area contributed by atoms with Crippen molar-refractivity contribution < 1.29 is 10.1 Å². The first-order valence-electron chi connectivity index (χ1n) is 6.69. The average molecular weight is 277 g/mol. The fraction of sp³-hybridized carbons (Fsp3) is 0.500. The minimum atomic E-state index is -0.339. The smallest absolute Gasteiger partial charge is 0.272 e. The number of nitro groups is 1. The van der Waals surface area contributed by atoms with Crippen LogP contribution in [0.15, 0.2) is 23.4 Å². The molecule has 0 spiro atoms. The topological polar surface area (TPSA) is 79.0 Å². The van der Waals surface area contributed by atoms with E-state index in [0.717, 1.165) is 36.3 Å². The zero-order valence-corrected chi connectivity index (χ0v) is 11.7. The number of likely N-dealkylation sites (tertiary alicyclic amines) is 1. The maximum atomic E-state index is 10.9.